The van der Waals surface area contributed by atoms with Crippen LogP contribution in [0.15, 0.2) is 51.9 Å². The molecule has 0 bridgehead atoms. The molecule has 2 aliphatic rings. The van der Waals surface area contributed by atoms with Crippen LogP contribution < -0.4 is 26.6 Å². The Kier molecular flexibility index (Phi) is 17.5. The minimum atomic E-state index is -1.15. The molecule has 322 valence electrons. The number of nitrogens with one attached hydrogen (secondary N) is 5. The van der Waals surface area contributed by atoms with Crippen molar-refractivity contribution in [1.82, 2.24) is 31.5 Å². The Bertz CT molecular complexity index is 1810. The number of rotatable bonds is 13. The molecule has 0 aromatic heterocycles. The number of aliphatic imine (C=N–C) groups is 2. The predicted molar refractivity (Wildman–Crippen MR) is 235 cm³/mol. The van der Waals surface area contributed by atoms with Crippen LogP contribution in [0.3, 0.4) is 0 Å². The maximum absolute atomic E-state index is 14.7. The van der Waals surface area contributed by atoms with Crippen molar-refractivity contribution in [3.8, 4) is 12.3 Å². The van der Waals surface area contributed by atoms with E-state index in [9.17, 15) is 28.8 Å². The molecule has 5 amide bonds. The number of nitrogens with zero attached hydrogens (tertiary/aromatic N) is 3. The Hall–Kier alpha value is -4.97. The van der Waals surface area contributed by atoms with Gasteiger partial charge in [0.1, 0.15) is 35.8 Å². The summed E-state index contributed by atoms with van der Waals surface area (Å²) in [7, 11) is 0. The van der Waals surface area contributed by atoms with Crippen LogP contribution in [-0.4, -0.2) is 102 Å². The molecule has 0 saturated carbocycles. The Morgan fingerprint density at radius 1 is 1.00 bits per heavy atom. The van der Waals surface area contributed by atoms with Crippen LogP contribution in [0.25, 0.3) is 0 Å². The van der Waals surface area contributed by atoms with E-state index >= 15 is 0 Å². The number of terminal acetylenes is 1. The average molecular weight is 833 g/mol. The first kappa shape index (κ1) is 48.4. The summed E-state index contributed by atoms with van der Waals surface area (Å²) in [6.45, 7) is 18.7. The third kappa shape index (κ3) is 13.5. The summed E-state index contributed by atoms with van der Waals surface area (Å²) >= 11 is 4.02. The second-order valence-corrected chi connectivity index (χ2v) is 18.3. The van der Waals surface area contributed by atoms with Crippen LogP contribution in [0.1, 0.15) is 100.0 Å². The first-order valence-electron chi connectivity index (χ1n) is 20.3. The van der Waals surface area contributed by atoms with Crippen LogP contribution in [0.4, 0.5) is 0 Å². The summed E-state index contributed by atoms with van der Waals surface area (Å²) < 4.78 is 0. The number of hydrogen-bond donors (Lipinski definition) is 6. The van der Waals surface area contributed by atoms with Crippen LogP contribution >= 0.6 is 12.6 Å². The molecule has 0 aliphatic carbocycles. The third-order valence-electron chi connectivity index (χ3n) is 10.6. The topological polar surface area (TPSA) is 191 Å². The van der Waals surface area contributed by atoms with Gasteiger partial charge in [-0.1, -0.05) is 105 Å². The highest BCUT2D eigenvalue weighted by atomic mass is 32.1. The van der Waals surface area contributed by atoms with Gasteiger partial charge in [0.15, 0.2) is 0 Å². The molecule has 2 heterocycles. The van der Waals surface area contributed by atoms with Gasteiger partial charge in [0, 0.05) is 31.3 Å². The van der Waals surface area contributed by atoms with Crippen LogP contribution in [0.2, 0.25) is 0 Å². The summed E-state index contributed by atoms with van der Waals surface area (Å²) in [6, 6.07) is 3.57. The zero-order valence-corrected chi connectivity index (χ0v) is 37.1. The van der Waals surface area contributed by atoms with Crippen LogP contribution in [0, 0.1) is 35.0 Å². The molecule has 59 heavy (non-hydrogen) atoms. The number of carbonyl (C=O) groups is 6. The second kappa shape index (κ2) is 21.3. The Morgan fingerprint density at radius 2 is 1.66 bits per heavy atom. The average Bonchev–Trinajstić information content (AvgIpc) is 3.54. The van der Waals surface area contributed by atoms with E-state index in [4.69, 9.17) is 11.4 Å². The minimum absolute atomic E-state index is 0.124. The summed E-state index contributed by atoms with van der Waals surface area (Å²) in [5, 5.41) is 16.5. The number of fused-ring (bicyclic) bond motifs is 1. The summed E-state index contributed by atoms with van der Waals surface area (Å²) in [4.78, 5) is 94.0. The van der Waals surface area contributed by atoms with Crippen molar-refractivity contribution in [1.29, 1.82) is 0 Å². The second-order valence-electron chi connectivity index (χ2n) is 18.0. The van der Waals surface area contributed by atoms with E-state index in [1.807, 2.05) is 99.6 Å². The maximum Gasteiger partial charge on any atom is 0.246 e. The smallest absolute Gasteiger partial charge is 0.246 e. The fraction of sp³-hybridized carbons (Fsp3) is 0.591. The van der Waals surface area contributed by atoms with Gasteiger partial charge in [-0.3, -0.25) is 38.8 Å². The van der Waals surface area contributed by atoms with Gasteiger partial charge in [-0.25, -0.2) is 0 Å². The summed E-state index contributed by atoms with van der Waals surface area (Å²) in [5.41, 5.74) is -0.783. The molecule has 8 atom stereocenters. The molecule has 15 heteroatoms. The molecule has 0 spiro atoms. The maximum atomic E-state index is 14.7. The normalized spacial score (nSPS) is 23.5. The van der Waals surface area contributed by atoms with Gasteiger partial charge >= 0.3 is 0 Å². The van der Waals surface area contributed by atoms with Crippen molar-refractivity contribution in [3.05, 3.63) is 47.5 Å². The lowest BCUT2D eigenvalue weighted by atomic mass is 9.83. The predicted octanol–water partition coefficient (Wildman–Crippen LogP) is 3.54. The summed E-state index contributed by atoms with van der Waals surface area (Å²) in [5.74, 6) is -0.998. The Morgan fingerprint density at radius 3 is 2.24 bits per heavy atom. The number of Topliss-reactive ketones (excluding diaryl/α,β-unsaturated/α-hetero) is 1. The standard InChI is InChI=1S/C44H64N8O6S/c1-12-16-31(53)23-30(24-45-20-22-59)47-40(56)34(28(5)29-17-14-13-15-18-29)49-42(58)37(44(9,10)11)50-38-36(43(6,7)8)51-39(55)33(26(2)3)48-41(57)35-27(4)19-21-52(35)32(54)25-46-38/h1,13-15,17-18,20,22,24,26-28,30,33-37,59H,16,19,21,23,25H2,2-11H3,(H,46,50)(H,47,56)(H,48,57)(H,49,58)(H,51,55)/b22-20-,45-24+/t27-,28+,30-,33+,34?,35+,36?,37?/m1/s1. The molecule has 1 aromatic rings. The number of thiol groups is 1. The Balaban J connectivity index is 2.15. The molecule has 3 rings (SSSR count). The van der Waals surface area contributed by atoms with E-state index in [-0.39, 0.29) is 54.7 Å². The first-order valence-corrected chi connectivity index (χ1v) is 20.8. The van der Waals surface area contributed by atoms with Crippen molar-refractivity contribution in [2.24, 2.45) is 32.7 Å². The van der Waals surface area contributed by atoms with Crippen LogP contribution in [-0.2, 0) is 28.8 Å². The van der Waals surface area contributed by atoms with Crippen LogP contribution in [0.5, 0.6) is 0 Å². The largest absolute Gasteiger partial charge is 0.363 e. The highest BCUT2D eigenvalue weighted by Gasteiger charge is 2.44. The fourth-order valence-corrected chi connectivity index (χ4v) is 7.31. The zero-order valence-electron chi connectivity index (χ0n) is 36.2. The molecule has 2 fully saturated rings. The van der Waals surface area contributed by atoms with Gasteiger partial charge in [0.2, 0.25) is 29.5 Å². The van der Waals surface area contributed by atoms with Gasteiger partial charge in [-0.05, 0) is 40.1 Å². The van der Waals surface area contributed by atoms with E-state index in [0.717, 1.165) is 5.56 Å². The highest BCUT2D eigenvalue weighted by Crippen LogP contribution is 2.29. The van der Waals surface area contributed by atoms with Crippen molar-refractivity contribution in [2.45, 2.75) is 131 Å². The van der Waals surface area contributed by atoms with E-state index in [1.54, 1.807) is 4.90 Å². The third-order valence-corrected chi connectivity index (χ3v) is 10.8. The van der Waals surface area contributed by atoms with Crippen molar-refractivity contribution in [3.63, 3.8) is 0 Å². The minimum Gasteiger partial charge on any atom is -0.363 e. The number of hydrogen-bond acceptors (Lipinski definition) is 9. The quantitative estimate of drug-likeness (QED) is 0.0996. The molecule has 3 unspecified atom stereocenters. The fourth-order valence-electron chi connectivity index (χ4n) is 7.24. The lowest BCUT2D eigenvalue weighted by Gasteiger charge is -2.38. The first-order chi connectivity index (χ1) is 27.6. The van der Waals surface area contributed by atoms with Crippen molar-refractivity contribution >= 4 is 60.0 Å². The summed E-state index contributed by atoms with van der Waals surface area (Å²) in [6.07, 6.45) is 8.55. The molecule has 14 nitrogen and oxygen atoms in total. The molecule has 5 N–H and O–H groups in total. The van der Waals surface area contributed by atoms with Gasteiger partial charge < -0.3 is 31.5 Å². The van der Waals surface area contributed by atoms with Gasteiger partial charge in [-0.2, -0.15) is 0 Å². The monoisotopic (exact) mass is 832 g/mol. The van der Waals surface area contributed by atoms with Crippen molar-refractivity contribution in [2.75, 3.05) is 13.1 Å². The van der Waals surface area contributed by atoms with E-state index in [2.05, 4.69) is 50.1 Å². The Labute approximate surface area is 355 Å². The molecule has 1 aromatic carbocycles. The van der Waals surface area contributed by atoms with Gasteiger partial charge in [0.25, 0.3) is 0 Å². The molecule has 0 radical (unpaired) electrons. The van der Waals surface area contributed by atoms with E-state index < -0.39 is 70.7 Å². The lowest BCUT2D eigenvalue weighted by molar-refractivity contribution is -0.140. The molecular weight excluding hydrogens is 769 g/mol. The number of amides is 5. The molecule has 2 saturated heterocycles. The zero-order chi connectivity index (χ0) is 44.2. The van der Waals surface area contributed by atoms with E-state index in [1.165, 1.54) is 17.8 Å². The number of carbonyl (C=O) groups excluding carboxylic acids is 6. The van der Waals surface area contributed by atoms with Gasteiger partial charge in [0.05, 0.1) is 25.0 Å². The van der Waals surface area contributed by atoms with Gasteiger partial charge in [-0.15, -0.1) is 19.1 Å². The number of amidine groups is 1. The molecule has 2 aliphatic heterocycles. The lowest BCUT2D eigenvalue weighted by Crippen LogP contribution is -2.63. The highest BCUT2D eigenvalue weighted by molar-refractivity contribution is 7.83. The van der Waals surface area contributed by atoms with E-state index in [0.29, 0.717) is 13.0 Å². The number of benzene rings is 1. The van der Waals surface area contributed by atoms with Crippen molar-refractivity contribution < 1.29 is 28.8 Å². The SMILES string of the molecule is C#CCC(=O)C[C@H](/C=N/C=C\S)NC(=O)C(NC(=O)C(/N=C1\NCC(=O)N2CC[C@@H](C)[C@H]2C(=O)N[C@@H](C(C)C)C(=O)NC1C(C)(C)C)C(C)(C)C)[C@@H](C)c1ccccc1. The molecular formula is C44H64N8O6S. The number of ketones is 1.